The van der Waals surface area contributed by atoms with Gasteiger partial charge in [0, 0.05) is 0 Å². The van der Waals surface area contributed by atoms with Gasteiger partial charge in [-0.05, 0) is 40.5 Å². The number of benzene rings is 1. The molecule has 1 aromatic rings. The van der Waals surface area contributed by atoms with Gasteiger partial charge in [-0.1, -0.05) is 0 Å². The fraction of sp³-hybridized carbons (Fsp3) is 0.455. The van der Waals surface area contributed by atoms with Gasteiger partial charge >= 0.3 is 6.18 Å². The second kappa shape index (κ2) is 5.79. The molecule has 0 bridgehead atoms. The highest BCUT2D eigenvalue weighted by Crippen LogP contribution is 2.41. The van der Waals surface area contributed by atoms with Gasteiger partial charge in [0.15, 0.2) is 17.6 Å². The normalized spacial score (nSPS) is 13.3. The number of aliphatic hydroxyl groups is 1. The molecule has 18 heavy (non-hydrogen) atoms. The van der Waals surface area contributed by atoms with Crippen LogP contribution in [-0.2, 0) is 0 Å². The molecular weight excluding hydrogens is 317 g/mol. The second-order valence-electron chi connectivity index (χ2n) is 3.41. The van der Waals surface area contributed by atoms with E-state index in [1.165, 1.54) is 7.11 Å². The van der Waals surface area contributed by atoms with Crippen molar-refractivity contribution >= 4 is 15.9 Å². The Bertz CT molecular complexity index is 421. The van der Waals surface area contributed by atoms with Gasteiger partial charge in [-0.3, -0.25) is 0 Å². The van der Waals surface area contributed by atoms with Crippen molar-refractivity contribution < 1.29 is 27.8 Å². The van der Waals surface area contributed by atoms with Crippen LogP contribution >= 0.6 is 15.9 Å². The van der Waals surface area contributed by atoms with Crippen molar-refractivity contribution in [1.82, 2.24) is 0 Å². The van der Waals surface area contributed by atoms with Crippen molar-refractivity contribution in [1.29, 1.82) is 0 Å². The number of methoxy groups -OCH3 is 1. The number of halogens is 4. The van der Waals surface area contributed by atoms with E-state index in [1.807, 2.05) is 0 Å². The predicted molar refractivity (Wildman–Crippen MR) is 62.9 cm³/mol. The Kier molecular flexibility index (Phi) is 4.86. The van der Waals surface area contributed by atoms with Crippen LogP contribution < -0.4 is 9.47 Å². The maximum atomic E-state index is 12.4. The Morgan fingerprint density at radius 2 is 2.00 bits per heavy atom. The zero-order valence-electron chi connectivity index (χ0n) is 9.71. The molecule has 0 aliphatic heterocycles. The molecule has 102 valence electrons. The van der Waals surface area contributed by atoms with E-state index < -0.39 is 12.3 Å². The summed E-state index contributed by atoms with van der Waals surface area (Å²) < 4.78 is 47.7. The summed E-state index contributed by atoms with van der Waals surface area (Å²) in [5.41, 5.74) is -0.310. The molecule has 0 heterocycles. The van der Waals surface area contributed by atoms with E-state index in [0.717, 1.165) is 12.1 Å². The van der Waals surface area contributed by atoms with Gasteiger partial charge < -0.3 is 14.6 Å². The maximum Gasteiger partial charge on any atom is 0.418 e. The summed E-state index contributed by atoms with van der Waals surface area (Å²) in [6.45, 7) is 2.08. The number of ether oxygens (including phenoxy) is 2. The molecule has 0 aliphatic rings. The van der Waals surface area contributed by atoms with Crippen LogP contribution in [0.5, 0.6) is 11.5 Å². The first-order valence-corrected chi connectivity index (χ1v) is 5.85. The number of hydrogen-bond acceptors (Lipinski definition) is 3. The highest BCUT2D eigenvalue weighted by atomic mass is 79.9. The monoisotopic (exact) mass is 328 g/mol. The van der Waals surface area contributed by atoms with E-state index in [2.05, 4.69) is 15.9 Å². The third-order valence-corrected chi connectivity index (χ3v) is 2.76. The zero-order valence-corrected chi connectivity index (χ0v) is 11.3. The third-order valence-electron chi connectivity index (χ3n) is 2.17. The molecule has 0 saturated carbocycles. The first kappa shape index (κ1) is 15.1. The van der Waals surface area contributed by atoms with E-state index >= 15 is 0 Å². The van der Waals surface area contributed by atoms with Gasteiger partial charge in [-0.2, -0.15) is 13.2 Å². The Morgan fingerprint density at radius 3 is 2.44 bits per heavy atom. The standard InChI is InChI=1S/C11H12BrF3O3/c1-3-18-9-7(12)4-6(5-8(9)17-2)10(16)11(13,14)15/h4-5,10,16H,3H2,1-2H3. The summed E-state index contributed by atoms with van der Waals surface area (Å²) in [7, 11) is 1.31. The van der Waals surface area contributed by atoms with Crippen LogP contribution in [0.1, 0.15) is 18.6 Å². The van der Waals surface area contributed by atoms with Crippen LogP contribution in [0.2, 0.25) is 0 Å². The maximum absolute atomic E-state index is 12.4. The van der Waals surface area contributed by atoms with E-state index in [4.69, 9.17) is 9.47 Å². The average Bonchev–Trinajstić information content (AvgIpc) is 2.29. The largest absolute Gasteiger partial charge is 0.493 e. The van der Waals surface area contributed by atoms with Gasteiger partial charge in [-0.15, -0.1) is 0 Å². The number of hydrogen-bond donors (Lipinski definition) is 1. The molecule has 1 aromatic carbocycles. The molecule has 1 N–H and O–H groups in total. The van der Waals surface area contributed by atoms with Crippen LogP contribution in [-0.4, -0.2) is 25.0 Å². The van der Waals surface area contributed by atoms with Crippen LogP contribution in [0, 0.1) is 0 Å². The molecule has 0 radical (unpaired) electrons. The lowest BCUT2D eigenvalue weighted by Crippen LogP contribution is -2.20. The lowest BCUT2D eigenvalue weighted by atomic mass is 10.1. The van der Waals surface area contributed by atoms with Crippen molar-refractivity contribution in [2.24, 2.45) is 0 Å². The van der Waals surface area contributed by atoms with E-state index in [9.17, 15) is 18.3 Å². The Morgan fingerprint density at radius 1 is 1.39 bits per heavy atom. The minimum atomic E-state index is -4.72. The Balaban J connectivity index is 3.22. The summed E-state index contributed by atoms with van der Waals surface area (Å²) in [6, 6.07) is 2.26. The van der Waals surface area contributed by atoms with Crippen molar-refractivity contribution in [2.75, 3.05) is 13.7 Å². The summed E-state index contributed by atoms with van der Waals surface area (Å²) >= 11 is 3.09. The summed E-state index contributed by atoms with van der Waals surface area (Å²) in [5.74, 6) is 0.433. The molecule has 3 nitrogen and oxygen atoms in total. The molecule has 0 aliphatic carbocycles. The van der Waals surface area contributed by atoms with Gasteiger partial charge in [-0.25, -0.2) is 0 Å². The van der Waals surface area contributed by atoms with Crippen LogP contribution in [0.15, 0.2) is 16.6 Å². The molecule has 1 atom stereocenters. The van der Waals surface area contributed by atoms with Crippen molar-refractivity contribution in [2.45, 2.75) is 19.2 Å². The lowest BCUT2D eigenvalue weighted by Gasteiger charge is -2.18. The first-order chi connectivity index (χ1) is 8.31. The smallest absolute Gasteiger partial charge is 0.418 e. The molecule has 0 spiro atoms. The molecule has 0 saturated heterocycles. The molecular formula is C11H12BrF3O3. The average molecular weight is 329 g/mol. The van der Waals surface area contributed by atoms with Gasteiger partial charge in [0.1, 0.15) is 0 Å². The third kappa shape index (κ3) is 3.29. The molecule has 0 amide bonds. The summed E-state index contributed by atoms with van der Waals surface area (Å²) in [6.07, 6.45) is -7.28. The molecule has 1 unspecified atom stereocenters. The SMILES string of the molecule is CCOc1c(Br)cc(C(O)C(F)(F)F)cc1OC. The van der Waals surface area contributed by atoms with Crippen molar-refractivity contribution in [3.63, 3.8) is 0 Å². The highest BCUT2D eigenvalue weighted by molar-refractivity contribution is 9.10. The van der Waals surface area contributed by atoms with Crippen molar-refractivity contribution in [3.05, 3.63) is 22.2 Å². The summed E-state index contributed by atoms with van der Waals surface area (Å²) in [4.78, 5) is 0. The minimum Gasteiger partial charge on any atom is -0.493 e. The van der Waals surface area contributed by atoms with Crippen LogP contribution in [0.4, 0.5) is 13.2 Å². The van der Waals surface area contributed by atoms with Gasteiger partial charge in [0.2, 0.25) is 0 Å². The Hall–Kier alpha value is -0.950. The fourth-order valence-corrected chi connectivity index (χ4v) is 1.95. The molecule has 0 aromatic heterocycles. The zero-order chi connectivity index (χ0) is 13.9. The second-order valence-corrected chi connectivity index (χ2v) is 4.27. The molecule has 0 fully saturated rings. The quantitative estimate of drug-likeness (QED) is 0.920. The lowest BCUT2D eigenvalue weighted by molar-refractivity contribution is -0.206. The Labute approximate surface area is 111 Å². The first-order valence-electron chi connectivity index (χ1n) is 5.06. The highest BCUT2D eigenvalue weighted by Gasteiger charge is 2.40. The van der Waals surface area contributed by atoms with E-state index in [1.54, 1.807) is 6.92 Å². The van der Waals surface area contributed by atoms with Crippen LogP contribution in [0.3, 0.4) is 0 Å². The van der Waals surface area contributed by atoms with Crippen LogP contribution in [0.25, 0.3) is 0 Å². The van der Waals surface area contributed by atoms with E-state index in [-0.39, 0.29) is 11.3 Å². The number of rotatable bonds is 4. The fourth-order valence-electron chi connectivity index (χ4n) is 1.37. The van der Waals surface area contributed by atoms with Gasteiger partial charge in [0.05, 0.1) is 18.2 Å². The summed E-state index contributed by atoms with van der Waals surface area (Å²) in [5, 5.41) is 9.18. The number of alkyl halides is 3. The van der Waals surface area contributed by atoms with Crippen molar-refractivity contribution in [3.8, 4) is 11.5 Å². The number of aliphatic hydroxyl groups excluding tert-OH is 1. The molecule has 7 heteroatoms. The van der Waals surface area contributed by atoms with Gasteiger partial charge in [0.25, 0.3) is 0 Å². The minimum absolute atomic E-state index is 0.129. The van der Waals surface area contributed by atoms with E-state index in [0.29, 0.717) is 16.8 Å². The molecule has 1 rings (SSSR count). The predicted octanol–water partition coefficient (Wildman–Crippen LogP) is 3.45. The topological polar surface area (TPSA) is 38.7 Å².